The number of benzene rings is 2. The number of sulfonamides is 1. The van der Waals surface area contributed by atoms with Crippen molar-refractivity contribution in [1.82, 2.24) is 4.72 Å². The zero-order chi connectivity index (χ0) is 31.1. The standard InChI is InChI=1S/C33H45ClN2O7S/c1-41-16-17-42-22-28-7-2-3-8-31(37)29-13-10-25(29)20-36-15-5-4-6-23-18-27(34)12-9-26(23)21-43-32-14-11-24(19-30(32)36)33(38)35-44(28,39)40/h9,11-12,14,18-19,25,28-29,31,37H,2-8,10,13,15-17,20-22H2,1H3,(H,35,38)/t25-,28-,29+,31?/m0/s1. The Labute approximate surface area is 266 Å². The van der Waals surface area contributed by atoms with Crippen LogP contribution < -0.4 is 14.4 Å². The molecule has 1 aliphatic carbocycles. The Kier molecular flexibility index (Phi) is 11.5. The molecule has 1 saturated carbocycles. The van der Waals surface area contributed by atoms with E-state index < -0.39 is 27.3 Å². The molecule has 0 saturated heterocycles. The zero-order valence-corrected chi connectivity index (χ0v) is 27.1. The van der Waals surface area contributed by atoms with Crippen LogP contribution in [-0.4, -0.2) is 70.8 Å². The molecule has 9 nitrogen and oxygen atoms in total. The average Bonchev–Trinajstić information content (AvgIpc) is 3.00. The summed E-state index contributed by atoms with van der Waals surface area (Å²) >= 11 is 6.31. The van der Waals surface area contributed by atoms with Gasteiger partial charge >= 0.3 is 0 Å². The van der Waals surface area contributed by atoms with Crippen molar-refractivity contribution < 1.29 is 32.5 Å². The molecule has 242 valence electrons. The second-order valence-corrected chi connectivity index (χ2v) is 14.7. The second kappa shape index (κ2) is 15.3. The van der Waals surface area contributed by atoms with E-state index in [1.165, 1.54) is 5.56 Å². The lowest BCUT2D eigenvalue weighted by molar-refractivity contribution is 0.00921. The van der Waals surface area contributed by atoms with Gasteiger partial charge in [-0.3, -0.25) is 4.79 Å². The van der Waals surface area contributed by atoms with E-state index in [1.54, 1.807) is 25.3 Å². The Morgan fingerprint density at radius 1 is 1.02 bits per heavy atom. The number of carbonyl (C=O) groups excluding carboxylic acids is 1. The first-order valence-corrected chi connectivity index (χ1v) is 17.8. The normalized spacial score (nSPS) is 26.2. The first-order valence-electron chi connectivity index (χ1n) is 15.8. The SMILES string of the molecule is COCCOC[C@@H]1CCCCC(O)[C@@H]2CC[C@H]2CN2CCCCc3cc(Cl)ccc3COc3ccc(cc32)C(=O)NS1(=O)=O. The summed E-state index contributed by atoms with van der Waals surface area (Å²) in [6.45, 7) is 2.40. The highest BCUT2D eigenvalue weighted by Gasteiger charge is 2.38. The number of ether oxygens (including phenoxy) is 3. The summed E-state index contributed by atoms with van der Waals surface area (Å²) in [5, 5.41) is 11.0. The molecule has 4 atom stereocenters. The highest BCUT2D eigenvalue weighted by molar-refractivity contribution is 7.90. The van der Waals surface area contributed by atoms with Gasteiger partial charge < -0.3 is 24.2 Å². The number of amides is 1. The minimum Gasteiger partial charge on any atom is -0.487 e. The summed E-state index contributed by atoms with van der Waals surface area (Å²) < 4.78 is 46.3. The maximum absolute atomic E-state index is 13.5. The molecular weight excluding hydrogens is 604 g/mol. The van der Waals surface area contributed by atoms with Gasteiger partial charge in [0.2, 0.25) is 10.0 Å². The molecule has 2 heterocycles. The molecule has 2 aromatic carbocycles. The summed E-state index contributed by atoms with van der Waals surface area (Å²) in [4.78, 5) is 15.7. The molecule has 11 heteroatoms. The third-order valence-corrected chi connectivity index (χ3v) is 11.3. The third kappa shape index (κ3) is 8.26. The van der Waals surface area contributed by atoms with E-state index in [1.807, 2.05) is 18.2 Å². The number of fused-ring (bicyclic) bond motifs is 3. The van der Waals surface area contributed by atoms with Gasteiger partial charge in [-0.1, -0.05) is 30.5 Å². The molecule has 2 bridgehead atoms. The first-order chi connectivity index (χ1) is 21.2. The third-order valence-electron chi connectivity index (χ3n) is 9.35. The molecule has 0 aromatic heterocycles. The molecule has 2 aliphatic heterocycles. The second-order valence-electron chi connectivity index (χ2n) is 12.3. The minimum atomic E-state index is -4.04. The van der Waals surface area contributed by atoms with Gasteiger partial charge in [0.25, 0.3) is 5.91 Å². The number of hydrogen-bond donors (Lipinski definition) is 2. The molecule has 0 spiro atoms. The molecule has 5 rings (SSSR count). The van der Waals surface area contributed by atoms with E-state index >= 15 is 0 Å². The Bertz CT molecular complexity index is 1390. The highest BCUT2D eigenvalue weighted by atomic mass is 35.5. The van der Waals surface area contributed by atoms with Crippen molar-refractivity contribution in [3.05, 3.63) is 58.1 Å². The van der Waals surface area contributed by atoms with Crippen molar-refractivity contribution in [2.75, 3.05) is 44.9 Å². The minimum absolute atomic E-state index is 0.0439. The van der Waals surface area contributed by atoms with Crippen molar-refractivity contribution in [3.63, 3.8) is 0 Å². The van der Waals surface area contributed by atoms with Gasteiger partial charge in [0.05, 0.1) is 31.6 Å². The van der Waals surface area contributed by atoms with Gasteiger partial charge in [0.15, 0.2) is 0 Å². The van der Waals surface area contributed by atoms with Crippen molar-refractivity contribution >= 4 is 33.2 Å². The number of nitrogens with zero attached hydrogens (tertiary/aromatic N) is 1. The highest BCUT2D eigenvalue weighted by Crippen LogP contribution is 2.41. The van der Waals surface area contributed by atoms with Gasteiger partial charge in [-0.05, 0) is 98.2 Å². The van der Waals surface area contributed by atoms with E-state index in [0.29, 0.717) is 55.6 Å². The zero-order valence-electron chi connectivity index (χ0n) is 25.5. The number of aliphatic hydroxyl groups is 1. The quantitative estimate of drug-likeness (QED) is 0.430. The molecule has 44 heavy (non-hydrogen) atoms. The Hall–Kier alpha value is -2.37. The number of anilines is 1. The lowest BCUT2D eigenvalue weighted by Crippen LogP contribution is -2.44. The maximum atomic E-state index is 13.5. The van der Waals surface area contributed by atoms with Crippen molar-refractivity contribution in [1.29, 1.82) is 0 Å². The first kappa shape index (κ1) is 33.0. The van der Waals surface area contributed by atoms with Gasteiger partial charge in [0.1, 0.15) is 17.6 Å². The van der Waals surface area contributed by atoms with Crippen molar-refractivity contribution in [2.24, 2.45) is 11.8 Å². The van der Waals surface area contributed by atoms with E-state index in [4.69, 9.17) is 25.8 Å². The number of halogens is 1. The predicted octanol–water partition coefficient (Wildman–Crippen LogP) is 5.11. The molecule has 0 radical (unpaired) electrons. The van der Waals surface area contributed by atoms with E-state index in [2.05, 4.69) is 9.62 Å². The number of aliphatic hydroxyl groups excluding tert-OH is 1. The molecule has 2 N–H and O–H groups in total. The maximum Gasteiger partial charge on any atom is 0.264 e. The fourth-order valence-corrected chi connectivity index (χ4v) is 8.08. The van der Waals surface area contributed by atoms with Crippen LogP contribution in [0.1, 0.15) is 72.9 Å². The van der Waals surface area contributed by atoms with Gasteiger partial charge in [0, 0.05) is 30.8 Å². The monoisotopic (exact) mass is 648 g/mol. The van der Waals surface area contributed by atoms with Gasteiger partial charge in [-0.25, -0.2) is 13.1 Å². The van der Waals surface area contributed by atoms with Gasteiger partial charge in [-0.2, -0.15) is 0 Å². The summed E-state index contributed by atoms with van der Waals surface area (Å²) in [6.07, 6.45) is 6.61. The molecule has 1 fully saturated rings. The largest absolute Gasteiger partial charge is 0.487 e. The van der Waals surface area contributed by atoms with Crippen LogP contribution in [0.2, 0.25) is 5.02 Å². The van der Waals surface area contributed by atoms with Crippen LogP contribution in [0.15, 0.2) is 36.4 Å². The summed E-state index contributed by atoms with van der Waals surface area (Å²) in [5.41, 5.74) is 3.25. The van der Waals surface area contributed by atoms with Crippen LogP contribution in [0.5, 0.6) is 5.75 Å². The topological polar surface area (TPSA) is 114 Å². The molecule has 1 amide bonds. The molecule has 3 aliphatic rings. The van der Waals surface area contributed by atoms with E-state index in [-0.39, 0.29) is 24.7 Å². The van der Waals surface area contributed by atoms with Crippen molar-refractivity contribution in [2.45, 2.75) is 75.7 Å². The van der Waals surface area contributed by atoms with Crippen LogP contribution in [-0.2, 0) is 32.5 Å². The smallest absolute Gasteiger partial charge is 0.264 e. The lowest BCUT2D eigenvalue weighted by atomic mass is 9.69. The number of aryl methyl sites for hydroxylation is 1. The number of methoxy groups -OCH3 is 1. The predicted molar refractivity (Wildman–Crippen MR) is 171 cm³/mol. The summed E-state index contributed by atoms with van der Waals surface area (Å²) in [6, 6.07) is 11.0. The van der Waals surface area contributed by atoms with Crippen molar-refractivity contribution in [3.8, 4) is 5.75 Å². The summed E-state index contributed by atoms with van der Waals surface area (Å²) in [5.74, 6) is 0.481. The number of carbonyl (C=O) groups is 1. The number of hydrogen-bond acceptors (Lipinski definition) is 8. The summed E-state index contributed by atoms with van der Waals surface area (Å²) in [7, 11) is -2.49. The number of rotatable bonds is 5. The van der Waals surface area contributed by atoms with Crippen LogP contribution in [0.25, 0.3) is 0 Å². The Balaban J connectivity index is 1.47. The fourth-order valence-electron chi connectivity index (χ4n) is 6.59. The molecular formula is C33H45ClN2O7S. The van der Waals surface area contributed by atoms with Crippen LogP contribution in [0.3, 0.4) is 0 Å². The van der Waals surface area contributed by atoms with Gasteiger partial charge in [-0.15, -0.1) is 0 Å². The number of nitrogens with one attached hydrogen (secondary N) is 1. The van der Waals surface area contributed by atoms with Crippen LogP contribution >= 0.6 is 11.6 Å². The fraction of sp³-hybridized carbons (Fsp3) is 0.606. The van der Waals surface area contributed by atoms with Crippen LogP contribution in [0, 0.1) is 11.8 Å². The van der Waals surface area contributed by atoms with E-state index in [9.17, 15) is 18.3 Å². The van der Waals surface area contributed by atoms with Crippen LogP contribution in [0.4, 0.5) is 5.69 Å². The molecule has 2 aromatic rings. The Morgan fingerprint density at radius 2 is 1.86 bits per heavy atom. The van der Waals surface area contributed by atoms with E-state index in [0.717, 1.165) is 56.4 Å². The average molecular weight is 649 g/mol. The molecule has 1 unspecified atom stereocenters. The lowest BCUT2D eigenvalue weighted by Gasteiger charge is -2.43. The Morgan fingerprint density at radius 3 is 2.66 bits per heavy atom.